The number of ether oxygens (including phenoxy) is 1. The fourth-order valence-electron chi connectivity index (χ4n) is 3.72. The number of unbranched alkanes of at least 4 members (excludes halogenated alkanes) is 4. The first-order valence-electron chi connectivity index (χ1n) is 12.3. The zero-order valence-electron chi connectivity index (χ0n) is 20.8. The summed E-state index contributed by atoms with van der Waals surface area (Å²) in [4.78, 5) is 26.6. The molecular weight excluding hydrogens is 430 g/mol. The summed E-state index contributed by atoms with van der Waals surface area (Å²) in [5.74, 6) is -0.216. The molecule has 2 aromatic rings. The summed E-state index contributed by atoms with van der Waals surface area (Å²) in [5.41, 5.74) is 0.597. The van der Waals surface area contributed by atoms with Gasteiger partial charge in [-0.1, -0.05) is 63.8 Å². The molecule has 1 amide bonds. The highest BCUT2D eigenvalue weighted by Crippen LogP contribution is 2.23. The van der Waals surface area contributed by atoms with Gasteiger partial charge in [0.1, 0.15) is 11.5 Å². The summed E-state index contributed by atoms with van der Waals surface area (Å²) >= 11 is 0. The van der Waals surface area contributed by atoms with E-state index in [4.69, 9.17) is 4.74 Å². The van der Waals surface area contributed by atoms with Gasteiger partial charge in [-0.3, -0.25) is 4.79 Å². The van der Waals surface area contributed by atoms with Gasteiger partial charge in [-0.05, 0) is 61.6 Å². The van der Waals surface area contributed by atoms with Crippen molar-refractivity contribution in [2.75, 3.05) is 13.1 Å². The van der Waals surface area contributed by atoms with E-state index in [1.165, 1.54) is 19.3 Å². The average Bonchev–Trinajstić information content (AvgIpc) is 2.82. The molecule has 0 aromatic heterocycles. The number of rotatable bonds is 15. The third-order valence-corrected chi connectivity index (χ3v) is 6.22. The van der Waals surface area contributed by atoms with E-state index < -0.39 is 11.6 Å². The summed E-state index contributed by atoms with van der Waals surface area (Å²) in [7, 11) is 0. The highest BCUT2D eigenvalue weighted by atomic mass is 16.5. The van der Waals surface area contributed by atoms with Crippen molar-refractivity contribution in [1.82, 2.24) is 4.90 Å². The molecule has 34 heavy (non-hydrogen) atoms. The molecule has 0 radical (unpaired) electrons. The van der Waals surface area contributed by atoms with E-state index in [0.29, 0.717) is 38.1 Å². The molecule has 0 saturated carbocycles. The third kappa shape index (κ3) is 8.73. The van der Waals surface area contributed by atoms with Crippen LogP contribution < -0.4 is 4.74 Å². The van der Waals surface area contributed by atoms with E-state index in [9.17, 15) is 19.8 Å². The zero-order valence-corrected chi connectivity index (χ0v) is 20.8. The van der Waals surface area contributed by atoms with E-state index >= 15 is 0 Å². The van der Waals surface area contributed by atoms with Crippen LogP contribution in [0.1, 0.15) is 70.4 Å². The Bertz CT molecular complexity index is 911. The number of carboxylic acids is 1. The number of aromatic hydroxyl groups is 1. The highest BCUT2D eigenvalue weighted by Gasteiger charge is 2.33. The van der Waals surface area contributed by atoms with Crippen LogP contribution in [0.4, 0.5) is 0 Å². The minimum Gasteiger partial charge on any atom is -0.508 e. The molecule has 6 nitrogen and oxygen atoms in total. The summed E-state index contributed by atoms with van der Waals surface area (Å²) in [6, 6.07) is 14.2. The maximum atomic E-state index is 13.1. The van der Waals surface area contributed by atoms with Crippen LogP contribution in [0.15, 0.2) is 48.5 Å². The molecule has 0 heterocycles. The Morgan fingerprint density at radius 3 is 2.29 bits per heavy atom. The Kier molecular flexibility index (Phi) is 10.9. The molecule has 0 saturated heterocycles. The zero-order chi connectivity index (χ0) is 25.0. The predicted octanol–water partition coefficient (Wildman–Crippen LogP) is 5.61. The van der Waals surface area contributed by atoms with Crippen molar-refractivity contribution in [2.24, 2.45) is 0 Å². The van der Waals surface area contributed by atoms with Crippen molar-refractivity contribution in [3.8, 4) is 11.5 Å². The van der Waals surface area contributed by atoms with Gasteiger partial charge in [0, 0.05) is 13.1 Å². The number of amides is 1. The first kappa shape index (κ1) is 27.2. The van der Waals surface area contributed by atoms with Crippen LogP contribution in [-0.2, 0) is 22.4 Å². The SMILES string of the molecule is CCCCCCCN(CCc1cccc(OC(C)(CC)C(=O)O)c1)C(=O)Cc1ccc(O)cc1. The number of benzene rings is 2. The van der Waals surface area contributed by atoms with E-state index in [1.807, 2.05) is 23.1 Å². The first-order valence-corrected chi connectivity index (χ1v) is 12.3. The van der Waals surface area contributed by atoms with Gasteiger partial charge in [0.25, 0.3) is 0 Å². The molecular formula is C28H39NO5. The van der Waals surface area contributed by atoms with Crippen LogP contribution >= 0.6 is 0 Å². The molecule has 1 atom stereocenters. The fraction of sp³-hybridized carbons (Fsp3) is 0.500. The smallest absolute Gasteiger partial charge is 0.347 e. The van der Waals surface area contributed by atoms with Gasteiger partial charge in [-0.2, -0.15) is 0 Å². The largest absolute Gasteiger partial charge is 0.508 e. The Morgan fingerprint density at radius 1 is 0.941 bits per heavy atom. The maximum absolute atomic E-state index is 13.1. The van der Waals surface area contributed by atoms with Crippen molar-refractivity contribution in [1.29, 1.82) is 0 Å². The molecule has 6 heteroatoms. The number of carboxylic acid groups (broad SMARTS) is 1. The van der Waals surface area contributed by atoms with Crippen molar-refractivity contribution in [3.05, 3.63) is 59.7 Å². The van der Waals surface area contributed by atoms with Crippen molar-refractivity contribution < 1.29 is 24.5 Å². The Labute approximate surface area is 203 Å². The molecule has 1 unspecified atom stereocenters. The monoisotopic (exact) mass is 469 g/mol. The summed E-state index contributed by atoms with van der Waals surface area (Å²) in [6.07, 6.45) is 6.94. The molecule has 0 aliphatic carbocycles. The van der Waals surface area contributed by atoms with Gasteiger partial charge in [0.05, 0.1) is 6.42 Å². The van der Waals surface area contributed by atoms with Crippen LogP contribution in [0.5, 0.6) is 11.5 Å². The molecule has 0 aliphatic heterocycles. The van der Waals surface area contributed by atoms with Crippen molar-refractivity contribution in [2.45, 2.75) is 77.7 Å². The lowest BCUT2D eigenvalue weighted by Gasteiger charge is -2.25. The normalized spacial score (nSPS) is 12.7. The number of nitrogens with zero attached hydrogens (tertiary/aromatic N) is 1. The predicted molar refractivity (Wildman–Crippen MR) is 134 cm³/mol. The Hall–Kier alpha value is -3.02. The van der Waals surface area contributed by atoms with Crippen LogP contribution in [0.3, 0.4) is 0 Å². The maximum Gasteiger partial charge on any atom is 0.347 e. The van der Waals surface area contributed by atoms with E-state index in [2.05, 4.69) is 6.92 Å². The number of phenols is 1. The number of aliphatic carboxylic acids is 1. The average molecular weight is 470 g/mol. The number of carbonyl (C=O) groups is 2. The second-order valence-corrected chi connectivity index (χ2v) is 9.03. The second kappa shape index (κ2) is 13.6. The van der Waals surface area contributed by atoms with Gasteiger partial charge in [-0.15, -0.1) is 0 Å². The number of phenolic OH excluding ortho intramolecular Hbond substituents is 1. The Morgan fingerprint density at radius 2 is 1.65 bits per heavy atom. The number of hydrogen-bond acceptors (Lipinski definition) is 4. The molecule has 2 N–H and O–H groups in total. The topological polar surface area (TPSA) is 87.1 Å². The summed E-state index contributed by atoms with van der Waals surface area (Å²) in [6.45, 7) is 6.84. The van der Waals surface area contributed by atoms with Crippen LogP contribution in [0, 0.1) is 0 Å². The van der Waals surface area contributed by atoms with Crippen LogP contribution in [0.25, 0.3) is 0 Å². The standard InChI is InChI=1S/C28H39NO5/c1-4-6-7-8-9-18-29(26(31)21-23-13-15-24(30)16-14-23)19-17-22-11-10-12-25(20-22)34-28(3,5-2)27(32)33/h10-16,20,30H,4-9,17-19,21H2,1-3H3,(H,32,33). The van der Waals surface area contributed by atoms with Gasteiger partial charge in [-0.25, -0.2) is 4.79 Å². The first-order chi connectivity index (χ1) is 16.3. The van der Waals surface area contributed by atoms with Gasteiger partial charge < -0.3 is 19.8 Å². The van der Waals surface area contributed by atoms with Crippen LogP contribution in [0.2, 0.25) is 0 Å². The van der Waals surface area contributed by atoms with E-state index in [-0.39, 0.29) is 11.7 Å². The lowest BCUT2D eigenvalue weighted by molar-refractivity contribution is -0.154. The summed E-state index contributed by atoms with van der Waals surface area (Å²) in [5, 5.41) is 19.0. The lowest BCUT2D eigenvalue weighted by Crippen LogP contribution is -2.40. The molecule has 0 fully saturated rings. The summed E-state index contributed by atoms with van der Waals surface area (Å²) < 4.78 is 5.80. The van der Waals surface area contributed by atoms with E-state index in [1.54, 1.807) is 44.2 Å². The molecule has 0 aliphatic rings. The van der Waals surface area contributed by atoms with E-state index in [0.717, 1.165) is 24.0 Å². The minimum atomic E-state index is -1.27. The molecule has 0 spiro atoms. The second-order valence-electron chi connectivity index (χ2n) is 9.03. The molecule has 0 bridgehead atoms. The van der Waals surface area contributed by atoms with Gasteiger partial charge in [0.15, 0.2) is 0 Å². The lowest BCUT2D eigenvalue weighted by atomic mass is 10.0. The number of carbonyl (C=O) groups excluding carboxylic acids is 1. The molecule has 186 valence electrons. The van der Waals surface area contributed by atoms with Crippen LogP contribution in [-0.4, -0.2) is 45.7 Å². The van der Waals surface area contributed by atoms with Crippen molar-refractivity contribution in [3.63, 3.8) is 0 Å². The van der Waals surface area contributed by atoms with Crippen molar-refractivity contribution >= 4 is 11.9 Å². The third-order valence-electron chi connectivity index (χ3n) is 6.22. The van der Waals surface area contributed by atoms with Gasteiger partial charge >= 0.3 is 5.97 Å². The number of hydrogen-bond donors (Lipinski definition) is 2. The molecule has 2 rings (SSSR count). The minimum absolute atomic E-state index is 0.0676. The van der Waals surface area contributed by atoms with Gasteiger partial charge in [0.2, 0.25) is 11.5 Å². The quantitative estimate of drug-likeness (QED) is 0.331. The highest BCUT2D eigenvalue weighted by molar-refractivity contribution is 5.79. The molecule has 2 aromatic carbocycles. The fourth-order valence-corrected chi connectivity index (χ4v) is 3.72. The Balaban J connectivity index is 2.04.